The SMILES string of the molecule is CC1(O)CCCN(Cc2nc3ccc(N)cc3o2)CC1. The van der Waals surface area contributed by atoms with Crippen LogP contribution in [0.25, 0.3) is 11.1 Å². The molecule has 0 radical (unpaired) electrons. The first-order chi connectivity index (χ1) is 9.52. The van der Waals surface area contributed by atoms with Gasteiger partial charge in [-0.25, -0.2) is 4.98 Å². The van der Waals surface area contributed by atoms with Crippen molar-refractivity contribution in [3.05, 3.63) is 24.1 Å². The minimum atomic E-state index is -0.537. The molecule has 1 aromatic carbocycles. The maximum absolute atomic E-state index is 10.1. The van der Waals surface area contributed by atoms with Gasteiger partial charge in [-0.3, -0.25) is 4.90 Å². The van der Waals surface area contributed by atoms with Crippen LogP contribution in [0.4, 0.5) is 5.69 Å². The van der Waals surface area contributed by atoms with Crippen molar-refractivity contribution >= 4 is 16.8 Å². The zero-order valence-corrected chi connectivity index (χ0v) is 11.8. The molecule has 1 saturated heterocycles. The van der Waals surface area contributed by atoms with E-state index in [4.69, 9.17) is 10.2 Å². The standard InChI is InChI=1S/C15H21N3O2/c1-15(19)5-2-7-18(8-6-15)10-14-17-12-4-3-11(16)9-13(12)20-14/h3-4,9,19H,2,5-8,10,16H2,1H3. The van der Waals surface area contributed by atoms with E-state index in [0.717, 1.165) is 43.5 Å². The fourth-order valence-corrected chi connectivity index (χ4v) is 2.73. The van der Waals surface area contributed by atoms with Gasteiger partial charge in [-0.1, -0.05) is 0 Å². The Morgan fingerprint density at radius 3 is 3.10 bits per heavy atom. The van der Waals surface area contributed by atoms with E-state index >= 15 is 0 Å². The van der Waals surface area contributed by atoms with Crippen LogP contribution in [0.5, 0.6) is 0 Å². The molecular formula is C15H21N3O2. The van der Waals surface area contributed by atoms with Crippen molar-refractivity contribution in [3.63, 3.8) is 0 Å². The lowest BCUT2D eigenvalue weighted by Gasteiger charge is -2.21. The highest BCUT2D eigenvalue weighted by atomic mass is 16.3. The monoisotopic (exact) mass is 275 g/mol. The number of nitrogens with two attached hydrogens (primary N) is 1. The van der Waals surface area contributed by atoms with Gasteiger partial charge in [0.05, 0.1) is 12.1 Å². The summed E-state index contributed by atoms with van der Waals surface area (Å²) < 4.78 is 5.75. The first kappa shape index (κ1) is 13.4. The van der Waals surface area contributed by atoms with Gasteiger partial charge in [0.1, 0.15) is 5.52 Å². The average molecular weight is 275 g/mol. The summed E-state index contributed by atoms with van der Waals surface area (Å²) in [5.74, 6) is 0.715. The lowest BCUT2D eigenvalue weighted by atomic mass is 9.98. The highest BCUT2D eigenvalue weighted by Gasteiger charge is 2.25. The molecule has 1 aliphatic rings. The van der Waals surface area contributed by atoms with Gasteiger partial charge in [-0.15, -0.1) is 0 Å². The van der Waals surface area contributed by atoms with Crippen molar-refractivity contribution in [2.45, 2.75) is 38.3 Å². The molecule has 1 atom stereocenters. The summed E-state index contributed by atoms with van der Waals surface area (Å²) in [5, 5.41) is 10.1. The van der Waals surface area contributed by atoms with E-state index in [2.05, 4.69) is 9.88 Å². The molecule has 3 N–H and O–H groups in total. The third-order valence-electron chi connectivity index (χ3n) is 3.97. The predicted octanol–water partition coefficient (Wildman–Crippen LogP) is 2.15. The van der Waals surface area contributed by atoms with Crippen molar-refractivity contribution in [2.75, 3.05) is 18.8 Å². The summed E-state index contributed by atoms with van der Waals surface area (Å²) in [4.78, 5) is 6.78. The Kier molecular flexibility index (Phi) is 3.40. The quantitative estimate of drug-likeness (QED) is 0.821. The van der Waals surface area contributed by atoms with Crippen LogP contribution in [0.3, 0.4) is 0 Å². The second-order valence-corrected chi connectivity index (χ2v) is 5.96. The molecule has 3 rings (SSSR count). The number of hydrogen-bond acceptors (Lipinski definition) is 5. The summed E-state index contributed by atoms with van der Waals surface area (Å²) in [6, 6.07) is 5.52. The Morgan fingerprint density at radius 2 is 2.25 bits per heavy atom. The minimum Gasteiger partial charge on any atom is -0.439 e. The molecule has 0 amide bonds. The van der Waals surface area contributed by atoms with E-state index in [0.29, 0.717) is 18.1 Å². The lowest BCUT2D eigenvalue weighted by molar-refractivity contribution is 0.0441. The van der Waals surface area contributed by atoms with Gasteiger partial charge in [0, 0.05) is 18.3 Å². The van der Waals surface area contributed by atoms with Crippen molar-refractivity contribution in [3.8, 4) is 0 Å². The molecule has 5 heteroatoms. The summed E-state index contributed by atoms with van der Waals surface area (Å²) in [6.45, 7) is 4.44. The minimum absolute atomic E-state index is 0.537. The van der Waals surface area contributed by atoms with Crippen molar-refractivity contribution in [1.29, 1.82) is 0 Å². The third-order valence-corrected chi connectivity index (χ3v) is 3.97. The summed E-state index contributed by atoms with van der Waals surface area (Å²) in [6.07, 6.45) is 2.65. The summed E-state index contributed by atoms with van der Waals surface area (Å²) in [7, 11) is 0. The summed E-state index contributed by atoms with van der Waals surface area (Å²) in [5.41, 5.74) is 7.47. The number of anilines is 1. The first-order valence-electron chi connectivity index (χ1n) is 7.12. The predicted molar refractivity (Wildman–Crippen MR) is 78.2 cm³/mol. The second kappa shape index (κ2) is 5.07. The van der Waals surface area contributed by atoms with Crippen molar-refractivity contribution in [1.82, 2.24) is 9.88 Å². The Hall–Kier alpha value is -1.59. The number of hydrogen-bond donors (Lipinski definition) is 2. The van der Waals surface area contributed by atoms with Crippen LogP contribution in [0.15, 0.2) is 22.6 Å². The van der Waals surface area contributed by atoms with Gasteiger partial charge in [0.25, 0.3) is 0 Å². The topological polar surface area (TPSA) is 75.5 Å². The number of aromatic nitrogens is 1. The Bertz CT molecular complexity index is 606. The number of aliphatic hydroxyl groups is 1. The molecule has 0 bridgehead atoms. The van der Waals surface area contributed by atoms with E-state index in [-0.39, 0.29) is 0 Å². The van der Waals surface area contributed by atoms with Crippen LogP contribution in [0.2, 0.25) is 0 Å². The van der Waals surface area contributed by atoms with E-state index in [1.165, 1.54) is 0 Å². The van der Waals surface area contributed by atoms with Gasteiger partial charge in [0.2, 0.25) is 5.89 Å². The van der Waals surface area contributed by atoms with Gasteiger partial charge < -0.3 is 15.3 Å². The van der Waals surface area contributed by atoms with Crippen LogP contribution < -0.4 is 5.73 Å². The number of oxazole rings is 1. The van der Waals surface area contributed by atoms with E-state index < -0.39 is 5.60 Å². The van der Waals surface area contributed by atoms with Gasteiger partial charge in [-0.2, -0.15) is 0 Å². The number of fused-ring (bicyclic) bond motifs is 1. The maximum atomic E-state index is 10.1. The maximum Gasteiger partial charge on any atom is 0.209 e. The second-order valence-electron chi connectivity index (χ2n) is 5.96. The smallest absolute Gasteiger partial charge is 0.209 e. The molecule has 0 saturated carbocycles. The molecule has 0 aliphatic carbocycles. The van der Waals surface area contributed by atoms with Crippen LogP contribution >= 0.6 is 0 Å². The highest BCUT2D eigenvalue weighted by molar-refractivity contribution is 5.76. The highest BCUT2D eigenvalue weighted by Crippen LogP contribution is 2.24. The van der Waals surface area contributed by atoms with Crippen molar-refractivity contribution in [2.24, 2.45) is 0 Å². The number of nitrogen functional groups attached to an aromatic ring is 1. The van der Waals surface area contributed by atoms with Gasteiger partial charge >= 0.3 is 0 Å². The van der Waals surface area contributed by atoms with Crippen LogP contribution in [-0.2, 0) is 6.54 Å². The molecule has 1 unspecified atom stereocenters. The number of benzene rings is 1. The molecule has 1 aromatic heterocycles. The van der Waals surface area contributed by atoms with Crippen molar-refractivity contribution < 1.29 is 9.52 Å². The summed E-state index contributed by atoms with van der Waals surface area (Å²) >= 11 is 0. The lowest BCUT2D eigenvalue weighted by Crippen LogP contribution is -2.28. The van der Waals surface area contributed by atoms with Gasteiger partial charge in [-0.05, 0) is 44.9 Å². The fraction of sp³-hybridized carbons (Fsp3) is 0.533. The third kappa shape index (κ3) is 2.94. The number of nitrogens with zero attached hydrogens (tertiary/aromatic N) is 2. The zero-order valence-electron chi connectivity index (χ0n) is 11.8. The largest absolute Gasteiger partial charge is 0.439 e. The van der Waals surface area contributed by atoms with E-state index in [9.17, 15) is 5.11 Å². The average Bonchev–Trinajstić information content (AvgIpc) is 2.68. The van der Waals surface area contributed by atoms with Gasteiger partial charge in [0.15, 0.2) is 5.58 Å². The first-order valence-corrected chi connectivity index (χ1v) is 7.12. The molecule has 5 nitrogen and oxygen atoms in total. The molecule has 20 heavy (non-hydrogen) atoms. The fourth-order valence-electron chi connectivity index (χ4n) is 2.73. The molecule has 1 aliphatic heterocycles. The van der Waals surface area contributed by atoms with Crippen LogP contribution in [0, 0.1) is 0 Å². The molecule has 108 valence electrons. The van der Waals surface area contributed by atoms with E-state index in [1.807, 2.05) is 19.1 Å². The number of likely N-dealkylation sites (tertiary alicyclic amines) is 1. The van der Waals surface area contributed by atoms with E-state index in [1.54, 1.807) is 6.07 Å². The Morgan fingerprint density at radius 1 is 1.40 bits per heavy atom. The van der Waals surface area contributed by atoms with Crippen LogP contribution in [-0.4, -0.2) is 33.7 Å². The molecule has 1 fully saturated rings. The van der Waals surface area contributed by atoms with Crippen LogP contribution in [0.1, 0.15) is 32.1 Å². The Balaban J connectivity index is 1.72. The molecule has 0 spiro atoms. The molecule has 2 aromatic rings. The zero-order chi connectivity index (χ0) is 14.2. The normalized spacial score (nSPS) is 24.9. The number of rotatable bonds is 2. The molecule has 2 heterocycles. The Labute approximate surface area is 118 Å². The molecular weight excluding hydrogens is 254 g/mol.